The third kappa shape index (κ3) is 30.0. The van der Waals surface area contributed by atoms with Crippen LogP contribution in [0.5, 0.6) is 0 Å². The Hall–Kier alpha value is 0.679. The van der Waals surface area contributed by atoms with Gasteiger partial charge in [0, 0.05) is 0 Å². The molecule has 0 aromatic carbocycles. The molecule has 6 N–H and O–H groups in total. The van der Waals surface area contributed by atoms with Gasteiger partial charge in [-0.15, -0.1) is 0 Å². The Morgan fingerprint density at radius 3 is 1.50 bits per heavy atom. The molecule has 4 heteroatoms. The summed E-state index contributed by atoms with van der Waals surface area (Å²) >= 11 is 1.68. The average molecular weight is 230 g/mol. The van der Waals surface area contributed by atoms with Crippen LogP contribution in [0, 0.1) is 0 Å². The second-order valence-corrected chi connectivity index (χ2v) is 2.53. The van der Waals surface area contributed by atoms with E-state index in [0.29, 0.717) is 0 Å². The first-order valence-electron chi connectivity index (χ1n) is 2.06. The van der Waals surface area contributed by atoms with Crippen LogP contribution in [-0.2, 0) is 0 Å². The van der Waals surface area contributed by atoms with Gasteiger partial charge in [0.1, 0.15) is 0 Å². The summed E-state index contributed by atoms with van der Waals surface area (Å²) in [4.78, 5) is 0. The van der Waals surface area contributed by atoms with Gasteiger partial charge in [-0.1, -0.05) is 0 Å². The summed E-state index contributed by atoms with van der Waals surface area (Å²) < 4.78 is 1.43. The minimum absolute atomic E-state index is 0. The van der Waals surface area contributed by atoms with Crippen molar-refractivity contribution in [1.82, 2.24) is 0 Å². The van der Waals surface area contributed by atoms with Crippen molar-refractivity contribution in [3.05, 3.63) is 0 Å². The van der Waals surface area contributed by atoms with E-state index in [0.717, 1.165) is 0 Å². The van der Waals surface area contributed by atoms with Gasteiger partial charge in [-0.05, 0) is 0 Å². The quantitative estimate of drug-likeness (QED) is 0.538. The molecule has 0 spiro atoms. The molecule has 0 aromatic rings. The molecule has 8 heavy (non-hydrogen) atoms. The summed E-state index contributed by atoms with van der Waals surface area (Å²) in [5.74, 6) is 0. The molecule has 0 saturated carbocycles. The Morgan fingerprint density at radius 1 is 1.12 bits per heavy atom. The van der Waals surface area contributed by atoms with E-state index in [1.54, 1.807) is 22.5 Å². The fourth-order valence-corrected chi connectivity index (χ4v) is 1.19. The largest absolute Gasteiger partial charge is 0.412 e. The molecule has 3 nitrogen and oxygen atoms in total. The van der Waals surface area contributed by atoms with Crippen molar-refractivity contribution in [2.24, 2.45) is 0 Å². The van der Waals surface area contributed by atoms with Crippen LogP contribution in [0.15, 0.2) is 0 Å². The summed E-state index contributed by atoms with van der Waals surface area (Å²) in [7, 11) is 0. The molecule has 3 radical (unpaired) electrons. The Kier molecular flexibility index (Phi) is 74.0. The predicted molar refractivity (Wildman–Crippen MR) is 36.3 cm³/mol. The van der Waals surface area contributed by atoms with Crippen LogP contribution in [0.25, 0.3) is 0 Å². The van der Waals surface area contributed by atoms with Crippen LogP contribution in [0.1, 0.15) is 19.8 Å². The molecule has 0 fully saturated rings. The first-order chi connectivity index (χ1) is 2.41. The van der Waals surface area contributed by atoms with Crippen LogP contribution in [0.2, 0.25) is 4.44 Å². The minimum Gasteiger partial charge on any atom is -0.412 e. The number of unbranched alkanes of at least 4 members (excludes halogenated alkanes) is 1. The Balaban J connectivity index is -0.0000000267. The molecule has 0 heterocycles. The first kappa shape index (κ1) is 23.4. The van der Waals surface area contributed by atoms with E-state index < -0.39 is 0 Å². The van der Waals surface area contributed by atoms with Gasteiger partial charge in [-0.2, -0.15) is 0 Å². The summed E-state index contributed by atoms with van der Waals surface area (Å²) in [6, 6.07) is 0. The average Bonchev–Trinajstić information content (AvgIpc) is 1.41. The van der Waals surface area contributed by atoms with Gasteiger partial charge >= 0.3 is 46.7 Å². The third-order valence-corrected chi connectivity index (χ3v) is 1.54. The second kappa shape index (κ2) is 25.3. The molecular weight excluding hydrogens is 215 g/mol. The van der Waals surface area contributed by atoms with Crippen LogP contribution in [0.4, 0.5) is 0 Å². The third-order valence-electron chi connectivity index (χ3n) is 0.530. The zero-order valence-electron chi connectivity index (χ0n) is 5.12. The van der Waals surface area contributed by atoms with Crippen molar-refractivity contribution in [1.29, 1.82) is 0 Å². The normalized spacial score (nSPS) is 5.25. The van der Waals surface area contributed by atoms with Crippen LogP contribution in [-0.4, -0.2) is 39.0 Å². The van der Waals surface area contributed by atoms with Crippen molar-refractivity contribution in [2.75, 3.05) is 0 Å². The van der Waals surface area contributed by atoms with Gasteiger partial charge in [0.2, 0.25) is 0 Å². The van der Waals surface area contributed by atoms with Crippen molar-refractivity contribution in [3.8, 4) is 0 Å². The van der Waals surface area contributed by atoms with E-state index in [2.05, 4.69) is 6.92 Å². The molecule has 0 aromatic heterocycles. The molecule has 0 aliphatic heterocycles. The number of hydrogen-bond acceptors (Lipinski definition) is 0. The van der Waals surface area contributed by atoms with Crippen LogP contribution in [0.3, 0.4) is 0 Å². The van der Waals surface area contributed by atoms with Crippen molar-refractivity contribution in [2.45, 2.75) is 24.2 Å². The molecule has 0 amide bonds. The molecule has 53 valence electrons. The van der Waals surface area contributed by atoms with Crippen molar-refractivity contribution in [3.63, 3.8) is 0 Å². The molecular formula is C4H15O3Sn. The summed E-state index contributed by atoms with van der Waals surface area (Å²) in [5.41, 5.74) is 0. The van der Waals surface area contributed by atoms with E-state index in [1.807, 2.05) is 0 Å². The Morgan fingerprint density at radius 2 is 1.50 bits per heavy atom. The molecule has 0 aliphatic carbocycles. The van der Waals surface area contributed by atoms with E-state index in [4.69, 9.17) is 0 Å². The fraction of sp³-hybridized carbons (Fsp3) is 1.00. The van der Waals surface area contributed by atoms with Gasteiger partial charge in [0.25, 0.3) is 0 Å². The minimum atomic E-state index is 0. The number of rotatable bonds is 2. The van der Waals surface area contributed by atoms with Gasteiger partial charge in [-0.25, -0.2) is 0 Å². The first-order valence-corrected chi connectivity index (χ1v) is 4.08. The predicted octanol–water partition coefficient (Wildman–Crippen LogP) is -1.10. The van der Waals surface area contributed by atoms with Gasteiger partial charge in [0.15, 0.2) is 0 Å². The summed E-state index contributed by atoms with van der Waals surface area (Å²) in [5, 5.41) is 0. The summed E-state index contributed by atoms with van der Waals surface area (Å²) in [6.45, 7) is 2.23. The van der Waals surface area contributed by atoms with E-state index in [1.165, 1.54) is 17.3 Å². The maximum absolute atomic E-state index is 2.23. The van der Waals surface area contributed by atoms with E-state index in [9.17, 15) is 0 Å². The maximum Gasteiger partial charge on any atom is -0.412 e. The van der Waals surface area contributed by atoms with Gasteiger partial charge in [-0.3, -0.25) is 0 Å². The van der Waals surface area contributed by atoms with Gasteiger partial charge < -0.3 is 16.4 Å². The standard InChI is InChI=1S/C4H9.3H2O.Sn/c1-3-4-2;;;;/h1,3-4H2,2H3;3*1H2;. The van der Waals surface area contributed by atoms with Crippen molar-refractivity contribution >= 4 is 22.5 Å². The van der Waals surface area contributed by atoms with E-state index in [-0.39, 0.29) is 16.4 Å². The second-order valence-electron chi connectivity index (χ2n) is 1.10. The molecule has 0 bridgehead atoms. The molecule has 0 saturated heterocycles. The smallest absolute Gasteiger partial charge is 0.412 e. The molecule has 0 aliphatic rings. The SMILES string of the molecule is CCC[CH2][Sn].O.O.O. The summed E-state index contributed by atoms with van der Waals surface area (Å²) in [6.07, 6.45) is 2.80. The fourth-order valence-electron chi connectivity index (χ4n) is 0.177. The Labute approximate surface area is 63.5 Å². The zero-order valence-corrected chi connectivity index (χ0v) is 7.98. The Bertz CT molecular complexity index is 18.8. The molecule has 0 unspecified atom stereocenters. The van der Waals surface area contributed by atoms with Crippen LogP contribution >= 0.6 is 0 Å². The zero-order chi connectivity index (χ0) is 4.12. The van der Waals surface area contributed by atoms with Crippen LogP contribution < -0.4 is 0 Å². The van der Waals surface area contributed by atoms with Gasteiger partial charge in [0.05, 0.1) is 0 Å². The molecule has 0 atom stereocenters. The topological polar surface area (TPSA) is 94.5 Å². The van der Waals surface area contributed by atoms with E-state index >= 15 is 0 Å². The number of hydrogen-bond donors (Lipinski definition) is 0. The monoisotopic (exact) mass is 231 g/mol. The molecule has 0 rings (SSSR count). The van der Waals surface area contributed by atoms with Crippen molar-refractivity contribution < 1.29 is 16.4 Å². The maximum atomic E-state index is 2.23.